The number of allylic oxidation sites excluding steroid dienone is 2. The van der Waals surface area contributed by atoms with Crippen LogP contribution in [0.15, 0.2) is 47.5 Å². The Morgan fingerprint density at radius 3 is 2.57 bits per heavy atom. The maximum atomic E-state index is 12.6. The Morgan fingerprint density at radius 1 is 1.24 bits per heavy atom. The van der Waals surface area contributed by atoms with Crippen LogP contribution in [-0.4, -0.2) is 12.8 Å². The van der Waals surface area contributed by atoms with Crippen molar-refractivity contribution in [3.05, 3.63) is 63.5 Å². The molecule has 0 amide bonds. The molecule has 0 spiro atoms. The molecule has 2 heterocycles. The number of benzene rings is 1. The zero-order valence-corrected chi connectivity index (χ0v) is 13.6. The summed E-state index contributed by atoms with van der Waals surface area (Å²) in [6.45, 7) is 6.34. The van der Waals surface area contributed by atoms with Crippen molar-refractivity contribution in [3.8, 4) is 0 Å². The van der Waals surface area contributed by atoms with Crippen molar-refractivity contribution < 1.29 is 4.79 Å². The van der Waals surface area contributed by atoms with E-state index in [9.17, 15) is 4.79 Å². The smallest absolute Gasteiger partial charge is 0.197 e. The van der Waals surface area contributed by atoms with E-state index in [0.717, 1.165) is 16.1 Å². The summed E-state index contributed by atoms with van der Waals surface area (Å²) in [5.74, 6) is 0.102. The van der Waals surface area contributed by atoms with Crippen LogP contribution in [-0.2, 0) is 5.41 Å². The fraction of sp³-hybridized carbons (Fsp3) is 0.278. The summed E-state index contributed by atoms with van der Waals surface area (Å²) >= 11 is 1.51. The van der Waals surface area contributed by atoms with Crippen LogP contribution in [0.25, 0.3) is 0 Å². The monoisotopic (exact) mass is 297 g/mol. The lowest BCUT2D eigenvalue weighted by atomic mass is 9.83. The molecular weight excluding hydrogens is 278 g/mol. The fourth-order valence-electron chi connectivity index (χ4n) is 3.07. The number of carbonyl (C=O) groups excluding carboxylic acids is 1. The van der Waals surface area contributed by atoms with Gasteiger partial charge in [0.2, 0.25) is 0 Å². The van der Waals surface area contributed by atoms with E-state index in [1.165, 1.54) is 22.6 Å². The molecule has 1 aliphatic heterocycles. The molecule has 0 unspecified atom stereocenters. The second kappa shape index (κ2) is 4.85. The lowest BCUT2D eigenvalue weighted by Crippen LogP contribution is -2.24. The first-order chi connectivity index (χ1) is 9.93. The van der Waals surface area contributed by atoms with E-state index < -0.39 is 0 Å². The summed E-state index contributed by atoms with van der Waals surface area (Å²) in [5.41, 5.74) is 4.42. The van der Waals surface area contributed by atoms with Gasteiger partial charge in [-0.25, -0.2) is 0 Å². The van der Waals surface area contributed by atoms with Crippen LogP contribution in [0.1, 0.15) is 34.6 Å². The van der Waals surface area contributed by atoms with E-state index >= 15 is 0 Å². The predicted molar refractivity (Wildman–Crippen MR) is 89.3 cm³/mol. The van der Waals surface area contributed by atoms with Crippen LogP contribution >= 0.6 is 11.3 Å². The van der Waals surface area contributed by atoms with Crippen molar-refractivity contribution in [3.63, 3.8) is 0 Å². The van der Waals surface area contributed by atoms with Crippen molar-refractivity contribution in [2.45, 2.75) is 26.2 Å². The van der Waals surface area contributed by atoms with E-state index in [2.05, 4.69) is 36.9 Å². The number of ketones is 1. The van der Waals surface area contributed by atoms with E-state index in [-0.39, 0.29) is 11.2 Å². The van der Waals surface area contributed by atoms with Gasteiger partial charge in [-0.3, -0.25) is 4.79 Å². The van der Waals surface area contributed by atoms with Gasteiger partial charge in [-0.15, -0.1) is 11.3 Å². The van der Waals surface area contributed by atoms with Crippen LogP contribution in [0.3, 0.4) is 0 Å². The largest absolute Gasteiger partial charge is 0.347 e. The number of aryl methyl sites for hydroxylation is 1. The van der Waals surface area contributed by atoms with Gasteiger partial charge in [0, 0.05) is 29.9 Å². The number of para-hydroxylation sites is 1. The Balaban J connectivity index is 2.06. The lowest BCUT2D eigenvalue weighted by molar-refractivity contribution is 0.104. The van der Waals surface area contributed by atoms with Crippen LogP contribution < -0.4 is 4.90 Å². The average Bonchev–Trinajstić information content (AvgIpc) is 2.96. The number of nitrogens with zero attached hydrogens (tertiary/aromatic N) is 1. The Labute approximate surface area is 129 Å². The van der Waals surface area contributed by atoms with Crippen molar-refractivity contribution in [1.82, 2.24) is 0 Å². The summed E-state index contributed by atoms with van der Waals surface area (Å²) in [7, 11) is 2.04. The van der Waals surface area contributed by atoms with Gasteiger partial charge in [0.05, 0.1) is 4.88 Å². The highest BCUT2D eigenvalue weighted by Gasteiger charge is 2.38. The summed E-state index contributed by atoms with van der Waals surface area (Å²) in [4.78, 5) is 15.5. The van der Waals surface area contributed by atoms with Gasteiger partial charge in [-0.1, -0.05) is 32.0 Å². The molecule has 0 N–H and O–H groups in total. The molecule has 1 aromatic heterocycles. The van der Waals surface area contributed by atoms with Gasteiger partial charge < -0.3 is 4.90 Å². The molecule has 0 atom stereocenters. The van der Waals surface area contributed by atoms with Gasteiger partial charge in [-0.2, -0.15) is 0 Å². The molecule has 0 aliphatic carbocycles. The molecule has 3 heteroatoms. The Hall–Kier alpha value is -1.87. The van der Waals surface area contributed by atoms with E-state index in [0.29, 0.717) is 0 Å². The molecule has 1 aromatic carbocycles. The quantitative estimate of drug-likeness (QED) is 0.598. The number of rotatable bonds is 2. The standard InChI is InChI=1S/C18H19NOS/c1-12-9-10-21-17(12)15(20)11-16-18(2,3)13-7-5-6-8-14(13)19(16)4/h5-11H,1-4H3/b16-11+. The second-order valence-corrected chi connectivity index (χ2v) is 6.94. The van der Waals surface area contributed by atoms with Crippen LogP contribution in [0.5, 0.6) is 0 Å². The highest BCUT2D eigenvalue weighted by molar-refractivity contribution is 7.12. The minimum atomic E-state index is -0.147. The number of fused-ring (bicyclic) bond motifs is 1. The maximum Gasteiger partial charge on any atom is 0.197 e. The van der Waals surface area contributed by atoms with Crippen LogP contribution in [0.4, 0.5) is 5.69 Å². The number of hydrogen-bond donors (Lipinski definition) is 0. The molecule has 0 fully saturated rings. The molecule has 0 radical (unpaired) electrons. The normalized spacial score (nSPS) is 18.1. The van der Waals surface area contributed by atoms with Crippen molar-refractivity contribution in [2.75, 3.05) is 11.9 Å². The zero-order valence-electron chi connectivity index (χ0n) is 12.8. The molecule has 0 saturated carbocycles. The van der Waals surface area contributed by atoms with Crippen molar-refractivity contribution in [1.29, 1.82) is 0 Å². The molecular formula is C18H19NOS. The molecule has 1 aliphatic rings. The zero-order chi connectivity index (χ0) is 15.2. The summed E-state index contributed by atoms with van der Waals surface area (Å²) in [6.07, 6.45) is 1.80. The molecule has 108 valence electrons. The van der Waals surface area contributed by atoms with Gasteiger partial charge in [-0.05, 0) is 35.6 Å². The SMILES string of the molecule is Cc1ccsc1C(=O)/C=C1/N(C)c2ccccc2C1(C)C. The minimum absolute atomic E-state index is 0.102. The number of likely N-dealkylation sites (N-methyl/N-ethyl adjacent to an activating group) is 1. The van der Waals surface area contributed by atoms with Gasteiger partial charge in [0.1, 0.15) is 0 Å². The fourth-order valence-corrected chi connectivity index (χ4v) is 3.91. The Morgan fingerprint density at radius 2 is 1.95 bits per heavy atom. The summed E-state index contributed by atoms with van der Waals surface area (Å²) in [6, 6.07) is 10.4. The molecule has 0 bridgehead atoms. The average molecular weight is 297 g/mol. The number of thiophene rings is 1. The van der Waals surface area contributed by atoms with Crippen molar-refractivity contribution in [2.24, 2.45) is 0 Å². The third-order valence-electron chi connectivity index (χ3n) is 4.29. The van der Waals surface area contributed by atoms with E-state index in [1.54, 1.807) is 6.08 Å². The third kappa shape index (κ3) is 2.12. The highest BCUT2D eigenvalue weighted by Crippen LogP contribution is 2.46. The van der Waals surface area contributed by atoms with E-state index in [4.69, 9.17) is 0 Å². The molecule has 2 nitrogen and oxygen atoms in total. The van der Waals surface area contributed by atoms with Gasteiger partial charge >= 0.3 is 0 Å². The lowest BCUT2D eigenvalue weighted by Gasteiger charge is -2.23. The molecule has 0 saturated heterocycles. The van der Waals surface area contributed by atoms with Crippen LogP contribution in [0.2, 0.25) is 0 Å². The van der Waals surface area contributed by atoms with E-state index in [1.807, 2.05) is 31.5 Å². The number of carbonyl (C=O) groups is 1. The van der Waals surface area contributed by atoms with Crippen molar-refractivity contribution >= 4 is 22.8 Å². The maximum absolute atomic E-state index is 12.6. The molecule has 3 rings (SSSR count). The number of anilines is 1. The van der Waals surface area contributed by atoms with Gasteiger partial charge in [0.15, 0.2) is 5.78 Å². The Bertz CT molecular complexity index is 739. The minimum Gasteiger partial charge on any atom is -0.347 e. The Kier molecular flexibility index (Phi) is 3.25. The highest BCUT2D eigenvalue weighted by atomic mass is 32.1. The first-order valence-electron chi connectivity index (χ1n) is 7.07. The van der Waals surface area contributed by atoms with Crippen LogP contribution in [0, 0.1) is 6.92 Å². The number of hydrogen-bond acceptors (Lipinski definition) is 3. The van der Waals surface area contributed by atoms with Gasteiger partial charge in [0.25, 0.3) is 0 Å². The molecule has 2 aromatic rings. The first-order valence-corrected chi connectivity index (χ1v) is 7.94. The summed E-state index contributed by atoms with van der Waals surface area (Å²) in [5, 5.41) is 1.97. The summed E-state index contributed by atoms with van der Waals surface area (Å²) < 4.78 is 0. The topological polar surface area (TPSA) is 20.3 Å². The second-order valence-electron chi connectivity index (χ2n) is 6.03. The predicted octanol–water partition coefficient (Wildman–Crippen LogP) is 4.55. The molecule has 21 heavy (non-hydrogen) atoms. The first kappa shape index (κ1) is 14.1. The third-order valence-corrected chi connectivity index (χ3v) is 5.33.